The molecule has 4 nitrogen and oxygen atoms in total. The molecular weight excluding hydrogens is 360 g/mol. The minimum atomic E-state index is -3.84. The summed E-state index contributed by atoms with van der Waals surface area (Å²) in [6, 6.07) is 25.8. The van der Waals surface area contributed by atoms with Crippen molar-refractivity contribution in [2.75, 3.05) is 6.61 Å². The van der Waals surface area contributed by atoms with Gasteiger partial charge < -0.3 is 4.74 Å². The molecule has 3 rings (SSSR count). The number of ether oxygens (including phenoxy) is 1. The van der Waals surface area contributed by atoms with E-state index in [2.05, 4.69) is 0 Å². The predicted molar refractivity (Wildman–Crippen MR) is 105 cm³/mol. The maximum atomic E-state index is 12.5. The van der Waals surface area contributed by atoms with E-state index in [9.17, 15) is 8.42 Å². The first-order valence-corrected chi connectivity index (χ1v) is 10.1. The van der Waals surface area contributed by atoms with Crippen molar-refractivity contribution in [3.05, 3.63) is 102 Å². The predicted octanol–water partition coefficient (Wildman–Crippen LogP) is 4.66. The van der Waals surface area contributed by atoms with E-state index in [1.807, 2.05) is 67.6 Å². The number of hydrogen-bond acceptors (Lipinski definition) is 4. The number of hydrogen-bond donors (Lipinski definition) is 0. The molecule has 0 saturated carbocycles. The molecular formula is C22H22O4S. The van der Waals surface area contributed by atoms with Crippen molar-refractivity contribution in [2.24, 2.45) is 0 Å². The molecule has 0 N–H and O–H groups in total. The molecule has 0 amide bonds. The fourth-order valence-corrected chi connectivity index (χ4v) is 3.51. The Morgan fingerprint density at radius 3 is 2.04 bits per heavy atom. The third kappa shape index (κ3) is 5.50. The highest BCUT2D eigenvalue weighted by Crippen LogP contribution is 2.22. The van der Waals surface area contributed by atoms with E-state index in [0.29, 0.717) is 6.61 Å². The van der Waals surface area contributed by atoms with Crippen molar-refractivity contribution in [1.29, 1.82) is 0 Å². The van der Waals surface area contributed by atoms with Gasteiger partial charge in [-0.1, -0.05) is 78.4 Å². The zero-order valence-corrected chi connectivity index (χ0v) is 15.9. The summed E-state index contributed by atoms with van der Waals surface area (Å²) >= 11 is 0. The monoisotopic (exact) mass is 382 g/mol. The average molecular weight is 382 g/mol. The molecule has 0 aliphatic rings. The number of rotatable bonds is 8. The Kier molecular flexibility index (Phi) is 6.40. The summed E-state index contributed by atoms with van der Waals surface area (Å²) in [7, 11) is -3.84. The first kappa shape index (κ1) is 19.3. The molecule has 0 saturated heterocycles. The lowest BCUT2D eigenvalue weighted by atomic mass is 10.1. The van der Waals surface area contributed by atoms with Gasteiger partial charge in [0.25, 0.3) is 10.1 Å². The Morgan fingerprint density at radius 1 is 0.815 bits per heavy atom. The van der Waals surface area contributed by atoms with Gasteiger partial charge in [-0.2, -0.15) is 8.42 Å². The second-order valence-corrected chi connectivity index (χ2v) is 7.86. The lowest BCUT2D eigenvalue weighted by Gasteiger charge is -2.18. The minimum absolute atomic E-state index is 0.0902. The van der Waals surface area contributed by atoms with Gasteiger partial charge >= 0.3 is 0 Å². The largest absolute Gasteiger partial charge is 0.366 e. The number of aryl methyl sites for hydroxylation is 1. The van der Waals surface area contributed by atoms with E-state index in [1.165, 1.54) is 0 Å². The lowest BCUT2D eigenvalue weighted by Crippen LogP contribution is -2.16. The van der Waals surface area contributed by atoms with Crippen molar-refractivity contribution in [3.8, 4) is 0 Å². The molecule has 0 unspecified atom stereocenters. The molecule has 0 aliphatic heterocycles. The van der Waals surface area contributed by atoms with Crippen molar-refractivity contribution < 1.29 is 17.3 Å². The third-order valence-electron chi connectivity index (χ3n) is 4.15. The molecule has 140 valence electrons. The molecule has 0 spiro atoms. The van der Waals surface area contributed by atoms with Crippen LogP contribution < -0.4 is 0 Å². The van der Waals surface area contributed by atoms with E-state index in [0.717, 1.165) is 16.7 Å². The van der Waals surface area contributed by atoms with E-state index in [-0.39, 0.29) is 11.5 Å². The van der Waals surface area contributed by atoms with Crippen LogP contribution in [0.25, 0.3) is 0 Å². The summed E-state index contributed by atoms with van der Waals surface area (Å²) in [6.07, 6.45) is -0.494. The van der Waals surface area contributed by atoms with Gasteiger partial charge in [-0.3, -0.25) is 4.18 Å². The van der Waals surface area contributed by atoms with Crippen molar-refractivity contribution >= 4 is 10.1 Å². The highest BCUT2D eigenvalue weighted by atomic mass is 32.2. The van der Waals surface area contributed by atoms with Gasteiger partial charge in [-0.25, -0.2) is 0 Å². The molecule has 0 aliphatic carbocycles. The van der Waals surface area contributed by atoms with Crippen LogP contribution in [0.4, 0.5) is 0 Å². The molecule has 0 bridgehead atoms. The molecule has 0 radical (unpaired) electrons. The highest BCUT2D eigenvalue weighted by Gasteiger charge is 2.20. The number of benzene rings is 3. The van der Waals surface area contributed by atoms with E-state index in [1.54, 1.807) is 24.3 Å². The SMILES string of the molecule is Cc1ccc(S(=O)(=O)OC[C@@H](OCc2ccccc2)c2ccccc2)cc1. The quantitative estimate of drug-likeness (QED) is 0.532. The normalized spacial score (nSPS) is 12.6. The Bertz CT molecular complexity index is 937. The van der Waals surface area contributed by atoms with Crippen molar-refractivity contribution in [3.63, 3.8) is 0 Å². The van der Waals surface area contributed by atoms with Crippen LogP contribution in [0.3, 0.4) is 0 Å². The fourth-order valence-electron chi connectivity index (χ4n) is 2.60. The van der Waals surface area contributed by atoms with Crippen LogP contribution in [0, 0.1) is 6.92 Å². The minimum Gasteiger partial charge on any atom is -0.366 e. The summed E-state index contributed by atoms with van der Waals surface area (Å²) in [5.41, 5.74) is 2.87. The molecule has 3 aromatic rings. The topological polar surface area (TPSA) is 52.6 Å². The van der Waals surface area contributed by atoms with Gasteiger partial charge in [0.2, 0.25) is 0 Å². The smallest absolute Gasteiger partial charge is 0.297 e. The van der Waals surface area contributed by atoms with Gasteiger partial charge in [0.05, 0.1) is 18.1 Å². The maximum absolute atomic E-state index is 12.5. The van der Waals surface area contributed by atoms with Gasteiger partial charge in [-0.15, -0.1) is 0 Å². The maximum Gasteiger partial charge on any atom is 0.297 e. The molecule has 27 heavy (non-hydrogen) atoms. The zero-order chi connectivity index (χ0) is 19.1. The van der Waals surface area contributed by atoms with Crippen LogP contribution in [0.15, 0.2) is 89.8 Å². The van der Waals surface area contributed by atoms with Gasteiger partial charge in [0, 0.05) is 0 Å². The fraction of sp³-hybridized carbons (Fsp3) is 0.182. The average Bonchev–Trinajstić information content (AvgIpc) is 2.70. The molecule has 5 heteroatoms. The summed E-state index contributed by atoms with van der Waals surface area (Å²) < 4.78 is 36.2. The van der Waals surface area contributed by atoms with Gasteiger partial charge in [0.15, 0.2) is 0 Å². The Labute approximate surface area is 160 Å². The van der Waals surface area contributed by atoms with Crippen LogP contribution in [0.2, 0.25) is 0 Å². The molecule has 0 fully saturated rings. The summed E-state index contributed by atoms with van der Waals surface area (Å²) in [5.74, 6) is 0. The molecule has 0 heterocycles. The van der Waals surface area contributed by atoms with Gasteiger partial charge in [0.1, 0.15) is 6.10 Å². The van der Waals surface area contributed by atoms with Crippen LogP contribution in [-0.2, 0) is 25.6 Å². The molecule has 1 atom stereocenters. The Hall–Kier alpha value is -2.47. The highest BCUT2D eigenvalue weighted by molar-refractivity contribution is 7.86. The summed E-state index contributed by atoms with van der Waals surface area (Å²) in [5, 5.41) is 0. The van der Waals surface area contributed by atoms with E-state index in [4.69, 9.17) is 8.92 Å². The van der Waals surface area contributed by atoms with E-state index < -0.39 is 16.2 Å². The van der Waals surface area contributed by atoms with Crippen molar-refractivity contribution in [1.82, 2.24) is 0 Å². The molecule has 3 aromatic carbocycles. The third-order valence-corrected chi connectivity index (χ3v) is 5.45. The molecule has 0 aromatic heterocycles. The Balaban J connectivity index is 1.72. The van der Waals surface area contributed by atoms with Gasteiger partial charge in [-0.05, 0) is 30.2 Å². The van der Waals surface area contributed by atoms with Crippen molar-refractivity contribution in [2.45, 2.75) is 24.5 Å². The summed E-state index contributed by atoms with van der Waals surface area (Å²) in [4.78, 5) is 0.142. The standard InChI is InChI=1S/C22H22O4S/c1-18-12-14-21(15-13-18)27(23,24)26-17-22(20-10-6-3-7-11-20)25-16-19-8-4-2-5-9-19/h2-15,22H,16-17H2,1H3/t22-/m1/s1. The first-order valence-electron chi connectivity index (χ1n) is 8.71. The second-order valence-electron chi connectivity index (χ2n) is 6.25. The van der Waals surface area contributed by atoms with Crippen LogP contribution in [-0.4, -0.2) is 15.0 Å². The van der Waals surface area contributed by atoms with Crippen LogP contribution in [0.5, 0.6) is 0 Å². The second kappa shape index (κ2) is 8.95. The van der Waals surface area contributed by atoms with E-state index >= 15 is 0 Å². The Morgan fingerprint density at radius 2 is 1.41 bits per heavy atom. The van der Waals surface area contributed by atoms with Crippen LogP contribution in [0.1, 0.15) is 22.8 Å². The summed E-state index contributed by atoms with van der Waals surface area (Å²) in [6.45, 7) is 2.18. The zero-order valence-electron chi connectivity index (χ0n) is 15.1. The first-order chi connectivity index (χ1) is 13.0. The lowest BCUT2D eigenvalue weighted by molar-refractivity contribution is 0.00955. The van der Waals surface area contributed by atoms with Crippen LogP contribution >= 0.6 is 0 Å².